The van der Waals surface area contributed by atoms with Gasteiger partial charge in [-0.1, -0.05) is 31.2 Å². The first kappa shape index (κ1) is 15.1. The quantitative estimate of drug-likeness (QED) is 0.673. The summed E-state index contributed by atoms with van der Waals surface area (Å²) in [5.74, 6) is -0.187. The summed E-state index contributed by atoms with van der Waals surface area (Å²) in [5.41, 5.74) is 2.64. The van der Waals surface area contributed by atoms with Gasteiger partial charge in [0.2, 0.25) is 5.91 Å². The van der Waals surface area contributed by atoms with Crippen LogP contribution < -0.4 is 15.4 Å². The Bertz CT molecular complexity index is 725. The molecule has 118 valence electrons. The van der Waals surface area contributed by atoms with Crippen LogP contribution in [0.5, 0.6) is 5.75 Å². The van der Waals surface area contributed by atoms with E-state index in [1.54, 1.807) is 12.1 Å². The molecule has 1 amide bonds. The summed E-state index contributed by atoms with van der Waals surface area (Å²) in [5, 5.41) is 5.84. The van der Waals surface area contributed by atoms with Gasteiger partial charge >= 0.3 is 5.97 Å². The van der Waals surface area contributed by atoms with Crippen LogP contribution in [0.3, 0.4) is 0 Å². The summed E-state index contributed by atoms with van der Waals surface area (Å²) in [6, 6.07) is 14.1. The van der Waals surface area contributed by atoms with Gasteiger partial charge in [0.05, 0.1) is 12.1 Å². The molecule has 0 spiro atoms. The fourth-order valence-corrected chi connectivity index (χ4v) is 2.46. The van der Waals surface area contributed by atoms with Crippen molar-refractivity contribution in [2.45, 2.75) is 25.8 Å². The van der Waals surface area contributed by atoms with Crippen molar-refractivity contribution in [3.05, 3.63) is 54.1 Å². The maximum Gasteiger partial charge on any atom is 0.334 e. The maximum atomic E-state index is 12.1. The van der Waals surface area contributed by atoms with Crippen LogP contribution in [0.15, 0.2) is 48.5 Å². The molecule has 0 saturated heterocycles. The minimum atomic E-state index is -0.681. The Morgan fingerprint density at radius 2 is 1.91 bits per heavy atom. The van der Waals surface area contributed by atoms with E-state index in [4.69, 9.17) is 4.74 Å². The molecular formula is C18H18N2O3. The molecule has 2 aromatic rings. The van der Waals surface area contributed by atoms with Gasteiger partial charge < -0.3 is 15.4 Å². The number of aryl methyl sites for hydroxylation is 1. The van der Waals surface area contributed by atoms with Crippen LogP contribution in [-0.2, 0) is 16.0 Å². The number of anilines is 2. The normalized spacial score (nSPS) is 16.0. The fraction of sp³-hybridized carbons (Fsp3) is 0.222. The third-order valence-corrected chi connectivity index (χ3v) is 3.75. The van der Waals surface area contributed by atoms with E-state index >= 15 is 0 Å². The lowest BCUT2D eigenvalue weighted by Gasteiger charge is -2.25. The van der Waals surface area contributed by atoms with E-state index in [0.29, 0.717) is 5.75 Å². The second kappa shape index (κ2) is 6.52. The first-order valence-electron chi connectivity index (χ1n) is 7.62. The maximum absolute atomic E-state index is 12.1. The van der Waals surface area contributed by atoms with E-state index < -0.39 is 12.0 Å². The predicted octanol–water partition coefficient (Wildman–Crippen LogP) is 2.98. The number of ether oxygens (including phenoxy) is 1. The highest BCUT2D eigenvalue weighted by Gasteiger charge is 2.29. The van der Waals surface area contributed by atoms with E-state index in [0.717, 1.165) is 17.8 Å². The number of para-hydroxylation sites is 2. The molecule has 0 saturated carbocycles. The Balaban J connectivity index is 1.62. The lowest BCUT2D eigenvalue weighted by Crippen LogP contribution is -2.39. The highest BCUT2D eigenvalue weighted by atomic mass is 16.5. The predicted molar refractivity (Wildman–Crippen MR) is 88.6 cm³/mol. The zero-order valence-corrected chi connectivity index (χ0v) is 12.8. The number of hydrogen-bond acceptors (Lipinski definition) is 4. The molecule has 1 aliphatic heterocycles. The van der Waals surface area contributed by atoms with Crippen molar-refractivity contribution in [2.75, 3.05) is 10.6 Å². The minimum Gasteiger partial charge on any atom is -0.423 e. The Kier molecular flexibility index (Phi) is 4.28. The Labute approximate surface area is 134 Å². The van der Waals surface area contributed by atoms with Crippen molar-refractivity contribution in [1.29, 1.82) is 0 Å². The minimum absolute atomic E-state index is 0.0166. The third kappa shape index (κ3) is 3.51. The Morgan fingerprint density at radius 1 is 1.17 bits per heavy atom. The fourth-order valence-electron chi connectivity index (χ4n) is 2.46. The standard InChI is InChI=1S/C18H18N2O3/c1-2-12-7-9-13(10-8-12)19-17(21)11-15-18(22)23-16-6-4-3-5-14(16)20-15/h3-10,15,20H,2,11H2,1H3,(H,19,21). The largest absolute Gasteiger partial charge is 0.423 e. The van der Waals surface area contributed by atoms with Gasteiger partial charge in [-0.2, -0.15) is 0 Å². The van der Waals surface area contributed by atoms with Gasteiger partial charge in [-0.05, 0) is 36.2 Å². The zero-order chi connectivity index (χ0) is 16.2. The van der Waals surface area contributed by atoms with Gasteiger partial charge in [0, 0.05) is 5.69 Å². The molecular weight excluding hydrogens is 292 g/mol. The molecule has 5 heteroatoms. The monoisotopic (exact) mass is 310 g/mol. The molecule has 0 bridgehead atoms. The van der Waals surface area contributed by atoms with Crippen molar-refractivity contribution in [2.24, 2.45) is 0 Å². The number of fused-ring (bicyclic) bond motifs is 1. The molecule has 1 atom stereocenters. The molecule has 2 aromatic carbocycles. The van der Waals surface area contributed by atoms with Gasteiger partial charge in [-0.15, -0.1) is 0 Å². The molecule has 0 fully saturated rings. The lowest BCUT2D eigenvalue weighted by molar-refractivity contribution is -0.137. The Morgan fingerprint density at radius 3 is 2.65 bits per heavy atom. The van der Waals surface area contributed by atoms with Crippen LogP contribution in [0.25, 0.3) is 0 Å². The highest BCUT2D eigenvalue weighted by Crippen LogP contribution is 2.29. The summed E-state index contributed by atoms with van der Waals surface area (Å²) in [6.07, 6.45) is 0.966. The van der Waals surface area contributed by atoms with Crippen molar-refractivity contribution in [3.63, 3.8) is 0 Å². The van der Waals surface area contributed by atoms with Gasteiger partial charge in [0.25, 0.3) is 0 Å². The molecule has 1 aliphatic rings. The van der Waals surface area contributed by atoms with Crippen molar-refractivity contribution in [3.8, 4) is 5.75 Å². The van der Waals surface area contributed by atoms with Crippen LogP contribution in [-0.4, -0.2) is 17.9 Å². The number of hydrogen-bond donors (Lipinski definition) is 2. The lowest BCUT2D eigenvalue weighted by atomic mass is 10.1. The molecule has 1 unspecified atom stereocenters. The number of esters is 1. The average Bonchev–Trinajstić information content (AvgIpc) is 2.56. The average molecular weight is 310 g/mol. The Hall–Kier alpha value is -2.82. The number of carbonyl (C=O) groups excluding carboxylic acids is 2. The van der Waals surface area contributed by atoms with Crippen LogP contribution in [0.1, 0.15) is 18.9 Å². The molecule has 0 radical (unpaired) electrons. The van der Waals surface area contributed by atoms with Crippen molar-refractivity contribution < 1.29 is 14.3 Å². The number of nitrogens with one attached hydrogen (secondary N) is 2. The topological polar surface area (TPSA) is 67.4 Å². The molecule has 1 heterocycles. The number of carbonyl (C=O) groups is 2. The molecule has 2 N–H and O–H groups in total. The summed E-state index contributed by atoms with van der Waals surface area (Å²) in [4.78, 5) is 24.1. The summed E-state index contributed by atoms with van der Waals surface area (Å²) in [7, 11) is 0. The number of benzene rings is 2. The van der Waals surface area contributed by atoms with Crippen LogP contribution in [0, 0.1) is 0 Å². The van der Waals surface area contributed by atoms with E-state index in [2.05, 4.69) is 17.6 Å². The SMILES string of the molecule is CCc1ccc(NC(=O)CC2Nc3ccccc3OC2=O)cc1. The van der Waals surface area contributed by atoms with Crippen LogP contribution >= 0.6 is 0 Å². The van der Waals surface area contributed by atoms with Crippen molar-refractivity contribution in [1.82, 2.24) is 0 Å². The van der Waals surface area contributed by atoms with Crippen LogP contribution in [0.2, 0.25) is 0 Å². The van der Waals surface area contributed by atoms with E-state index in [1.165, 1.54) is 5.56 Å². The van der Waals surface area contributed by atoms with Gasteiger partial charge in [-0.25, -0.2) is 4.79 Å². The van der Waals surface area contributed by atoms with E-state index in [-0.39, 0.29) is 12.3 Å². The second-order valence-corrected chi connectivity index (χ2v) is 5.42. The van der Waals surface area contributed by atoms with Gasteiger partial charge in [0.15, 0.2) is 5.75 Å². The first-order valence-corrected chi connectivity index (χ1v) is 7.62. The van der Waals surface area contributed by atoms with E-state index in [1.807, 2.05) is 36.4 Å². The van der Waals surface area contributed by atoms with Gasteiger partial charge in [-0.3, -0.25) is 4.79 Å². The molecule has 3 rings (SSSR count). The second-order valence-electron chi connectivity index (χ2n) is 5.42. The smallest absolute Gasteiger partial charge is 0.334 e. The summed E-state index contributed by atoms with van der Waals surface area (Å²) >= 11 is 0. The highest BCUT2D eigenvalue weighted by molar-refractivity contribution is 5.97. The zero-order valence-electron chi connectivity index (χ0n) is 12.8. The van der Waals surface area contributed by atoms with Crippen LogP contribution in [0.4, 0.5) is 11.4 Å². The third-order valence-electron chi connectivity index (χ3n) is 3.75. The first-order chi connectivity index (χ1) is 11.2. The molecule has 0 aliphatic carbocycles. The number of amides is 1. The van der Waals surface area contributed by atoms with E-state index in [9.17, 15) is 9.59 Å². The molecule has 5 nitrogen and oxygen atoms in total. The van der Waals surface area contributed by atoms with Crippen molar-refractivity contribution >= 4 is 23.3 Å². The molecule has 23 heavy (non-hydrogen) atoms. The summed E-state index contributed by atoms with van der Waals surface area (Å²) < 4.78 is 5.24. The number of rotatable bonds is 4. The van der Waals surface area contributed by atoms with Gasteiger partial charge in [0.1, 0.15) is 6.04 Å². The summed E-state index contributed by atoms with van der Waals surface area (Å²) in [6.45, 7) is 2.08. The molecule has 0 aromatic heterocycles.